The third kappa shape index (κ3) is 4.88. The Morgan fingerprint density at radius 1 is 1.35 bits per heavy atom. The van der Waals surface area contributed by atoms with E-state index in [-0.39, 0.29) is 0 Å². The summed E-state index contributed by atoms with van der Waals surface area (Å²) in [6.45, 7) is 10.5. The van der Waals surface area contributed by atoms with E-state index in [4.69, 9.17) is 11.6 Å². The number of rotatable bonds is 7. The van der Waals surface area contributed by atoms with E-state index in [1.54, 1.807) is 6.20 Å². The summed E-state index contributed by atoms with van der Waals surface area (Å²) in [6, 6.07) is 0. The summed E-state index contributed by atoms with van der Waals surface area (Å²) in [5.74, 6) is 0.831. The molecule has 0 atom stereocenters. The van der Waals surface area contributed by atoms with E-state index in [0.29, 0.717) is 5.28 Å². The van der Waals surface area contributed by atoms with Crippen LogP contribution in [0.3, 0.4) is 0 Å². The second kappa shape index (κ2) is 7.45. The first-order valence-corrected chi connectivity index (χ1v) is 6.50. The van der Waals surface area contributed by atoms with Crippen molar-refractivity contribution in [2.45, 2.75) is 27.2 Å². The number of likely N-dealkylation sites (N-methyl/N-ethyl adjacent to an activating group) is 1. The number of hydrogen-bond donors (Lipinski definition) is 1. The van der Waals surface area contributed by atoms with E-state index in [2.05, 4.69) is 34.0 Å². The van der Waals surface area contributed by atoms with Gasteiger partial charge in [-0.1, -0.05) is 13.8 Å². The largest absolute Gasteiger partial charge is 0.368 e. The Balaban J connectivity index is 2.42. The van der Waals surface area contributed by atoms with Crippen molar-refractivity contribution < 1.29 is 0 Å². The van der Waals surface area contributed by atoms with Crippen molar-refractivity contribution >= 4 is 17.4 Å². The summed E-state index contributed by atoms with van der Waals surface area (Å²) >= 11 is 5.76. The van der Waals surface area contributed by atoms with Gasteiger partial charge in [-0.15, -0.1) is 0 Å². The van der Waals surface area contributed by atoms with Gasteiger partial charge in [0.2, 0.25) is 5.28 Å². The molecule has 0 fully saturated rings. The van der Waals surface area contributed by atoms with Crippen LogP contribution < -0.4 is 5.32 Å². The van der Waals surface area contributed by atoms with Gasteiger partial charge >= 0.3 is 0 Å². The summed E-state index contributed by atoms with van der Waals surface area (Å²) in [4.78, 5) is 10.5. The summed E-state index contributed by atoms with van der Waals surface area (Å²) in [5.41, 5.74) is 1.02. The van der Waals surface area contributed by atoms with Crippen LogP contribution in [0.1, 0.15) is 25.8 Å². The molecule has 0 saturated carbocycles. The molecule has 0 aliphatic rings. The fourth-order valence-corrected chi connectivity index (χ4v) is 1.81. The standard InChI is InChI=1S/C12H21ClN4/c1-4-7-17(5-2)8-6-14-11-10(3)9-15-12(13)16-11/h9H,4-8H2,1-3H3,(H,14,15,16). The predicted octanol–water partition coefficient (Wildman–Crippen LogP) is 2.58. The fourth-order valence-electron chi connectivity index (χ4n) is 1.68. The third-order valence-electron chi connectivity index (χ3n) is 2.65. The first kappa shape index (κ1) is 14.2. The monoisotopic (exact) mass is 256 g/mol. The molecule has 5 heteroatoms. The van der Waals surface area contributed by atoms with Gasteiger partial charge in [0.05, 0.1) is 0 Å². The number of halogens is 1. The number of nitrogens with zero attached hydrogens (tertiary/aromatic N) is 3. The Hall–Kier alpha value is -0.870. The lowest BCUT2D eigenvalue weighted by Gasteiger charge is -2.19. The molecule has 0 saturated heterocycles. The van der Waals surface area contributed by atoms with Gasteiger partial charge in [0.15, 0.2) is 0 Å². The van der Waals surface area contributed by atoms with Gasteiger partial charge in [0, 0.05) is 24.8 Å². The van der Waals surface area contributed by atoms with Gasteiger partial charge in [0.1, 0.15) is 5.82 Å². The van der Waals surface area contributed by atoms with Gasteiger partial charge in [-0.25, -0.2) is 9.97 Å². The Bertz CT molecular complexity index is 343. The van der Waals surface area contributed by atoms with E-state index in [1.807, 2.05) is 6.92 Å². The fraction of sp³-hybridized carbons (Fsp3) is 0.667. The van der Waals surface area contributed by atoms with Crippen LogP contribution in [0.5, 0.6) is 0 Å². The van der Waals surface area contributed by atoms with Crippen molar-refractivity contribution in [1.29, 1.82) is 0 Å². The molecule has 1 N–H and O–H groups in total. The zero-order valence-electron chi connectivity index (χ0n) is 10.8. The smallest absolute Gasteiger partial charge is 0.224 e. The molecule has 1 heterocycles. The van der Waals surface area contributed by atoms with Crippen LogP contribution in [0.4, 0.5) is 5.82 Å². The number of nitrogens with one attached hydrogen (secondary N) is 1. The van der Waals surface area contributed by atoms with Crippen LogP contribution in [-0.2, 0) is 0 Å². The molecule has 0 amide bonds. The van der Waals surface area contributed by atoms with E-state index >= 15 is 0 Å². The van der Waals surface area contributed by atoms with Gasteiger partial charge in [0.25, 0.3) is 0 Å². The molecule has 96 valence electrons. The number of anilines is 1. The highest BCUT2D eigenvalue weighted by atomic mass is 35.5. The minimum Gasteiger partial charge on any atom is -0.368 e. The molecule has 1 aromatic heterocycles. The van der Waals surface area contributed by atoms with Crippen LogP contribution in [0, 0.1) is 6.92 Å². The van der Waals surface area contributed by atoms with Crippen LogP contribution in [0.25, 0.3) is 0 Å². The van der Waals surface area contributed by atoms with E-state index in [0.717, 1.165) is 37.6 Å². The molecular weight excluding hydrogens is 236 g/mol. The molecule has 0 aliphatic heterocycles. The van der Waals surface area contributed by atoms with Crippen LogP contribution in [0.15, 0.2) is 6.20 Å². The average molecular weight is 257 g/mol. The van der Waals surface area contributed by atoms with E-state index < -0.39 is 0 Å². The van der Waals surface area contributed by atoms with Crippen molar-refractivity contribution in [3.05, 3.63) is 17.0 Å². The summed E-state index contributed by atoms with van der Waals surface area (Å²) in [5, 5.41) is 3.59. The molecule has 0 unspecified atom stereocenters. The van der Waals surface area contributed by atoms with Crippen molar-refractivity contribution in [3.8, 4) is 0 Å². The van der Waals surface area contributed by atoms with Crippen LogP contribution in [-0.4, -0.2) is 41.0 Å². The molecule has 0 radical (unpaired) electrons. The highest BCUT2D eigenvalue weighted by Crippen LogP contribution is 2.11. The first-order valence-electron chi connectivity index (χ1n) is 6.12. The second-order valence-corrected chi connectivity index (χ2v) is 4.37. The molecular formula is C12H21ClN4. The van der Waals surface area contributed by atoms with Gasteiger partial charge in [-0.05, 0) is 38.0 Å². The molecule has 4 nitrogen and oxygen atoms in total. The zero-order valence-corrected chi connectivity index (χ0v) is 11.6. The number of hydrogen-bond acceptors (Lipinski definition) is 4. The predicted molar refractivity (Wildman–Crippen MR) is 72.7 cm³/mol. The molecule has 1 aromatic rings. The summed E-state index contributed by atoms with van der Waals surface area (Å²) < 4.78 is 0. The maximum absolute atomic E-state index is 5.76. The van der Waals surface area contributed by atoms with Gasteiger partial charge in [-0.3, -0.25) is 0 Å². The molecule has 0 aromatic carbocycles. The van der Waals surface area contributed by atoms with Crippen LogP contribution in [0.2, 0.25) is 5.28 Å². The lowest BCUT2D eigenvalue weighted by Crippen LogP contribution is -2.29. The maximum atomic E-state index is 5.76. The SMILES string of the molecule is CCCN(CC)CCNc1nc(Cl)ncc1C. The summed E-state index contributed by atoms with van der Waals surface area (Å²) in [7, 11) is 0. The lowest BCUT2D eigenvalue weighted by atomic mass is 10.3. The maximum Gasteiger partial charge on any atom is 0.224 e. The Kier molecular flexibility index (Phi) is 6.22. The van der Waals surface area contributed by atoms with E-state index in [1.165, 1.54) is 6.42 Å². The van der Waals surface area contributed by atoms with Crippen LogP contribution >= 0.6 is 11.6 Å². The average Bonchev–Trinajstić information content (AvgIpc) is 2.32. The van der Waals surface area contributed by atoms with E-state index in [9.17, 15) is 0 Å². The second-order valence-electron chi connectivity index (χ2n) is 4.03. The topological polar surface area (TPSA) is 41.0 Å². The Labute approximate surface area is 108 Å². The molecule has 0 aliphatic carbocycles. The minimum atomic E-state index is 0.291. The van der Waals surface area contributed by atoms with Crippen molar-refractivity contribution in [3.63, 3.8) is 0 Å². The van der Waals surface area contributed by atoms with Gasteiger partial charge in [-0.2, -0.15) is 0 Å². The quantitative estimate of drug-likeness (QED) is 0.762. The third-order valence-corrected chi connectivity index (χ3v) is 2.83. The molecule has 1 rings (SSSR count). The highest BCUT2D eigenvalue weighted by molar-refractivity contribution is 6.28. The molecule has 17 heavy (non-hydrogen) atoms. The van der Waals surface area contributed by atoms with Gasteiger partial charge < -0.3 is 10.2 Å². The molecule has 0 bridgehead atoms. The normalized spacial score (nSPS) is 10.9. The van der Waals surface area contributed by atoms with Crippen molar-refractivity contribution in [1.82, 2.24) is 14.9 Å². The minimum absolute atomic E-state index is 0.291. The lowest BCUT2D eigenvalue weighted by molar-refractivity contribution is 0.300. The van der Waals surface area contributed by atoms with Crippen molar-refractivity contribution in [2.75, 3.05) is 31.5 Å². The Morgan fingerprint density at radius 3 is 2.76 bits per heavy atom. The van der Waals surface area contributed by atoms with Crippen molar-refractivity contribution in [2.24, 2.45) is 0 Å². The molecule has 0 spiro atoms. The highest BCUT2D eigenvalue weighted by Gasteiger charge is 2.03. The number of aryl methyl sites for hydroxylation is 1. The number of aromatic nitrogens is 2. The summed E-state index contributed by atoms with van der Waals surface area (Å²) in [6.07, 6.45) is 2.92. The Morgan fingerprint density at radius 2 is 2.12 bits per heavy atom. The first-order chi connectivity index (χ1) is 8.17. The zero-order chi connectivity index (χ0) is 12.7.